The molecule has 1 aromatic heterocycles. The third-order valence-electron chi connectivity index (χ3n) is 4.07. The number of hydrogen-bond acceptors (Lipinski definition) is 5. The maximum atomic E-state index is 11.3. The molecule has 126 valence electrons. The van der Waals surface area contributed by atoms with Gasteiger partial charge in [0.1, 0.15) is 11.9 Å². The average Bonchev–Trinajstić information content (AvgIpc) is 2.57. The molecule has 6 heteroatoms. The molecule has 2 aromatic rings. The van der Waals surface area contributed by atoms with Gasteiger partial charge in [-0.25, -0.2) is 9.78 Å². The summed E-state index contributed by atoms with van der Waals surface area (Å²) in [5.41, 5.74) is 7.34. The minimum atomic E-state index is -0.792. The molecule has 6 nitrogen and oxygen atoms in total. The molecule has 1 aliphatic heterocycles. The Morgan fingerprint density at radius 3 is 2.83 bits per heavy atom. The molecule has 0 saturated carbocycles. The predicted octanol–water partition coefficient (Wildman–Crippen LogP) is 3.31. The van der Waals surface area contributed by atoms with Crippen LogP contribution in [0.2, 0.25) is 0 Å². The zero-order valence-corrected chi connectivity index (χ0v) is 13.9. The number of benzene rings is 1. The number of hydrogen-bond donors (Lipinski definition) is 1. The zero-order valence-electron chi connectivity index (χ0n) is 13.9. The summed E-state index contributed by atoms with van der Waals surface area (Å²) in [6, 6.07) is 11.3. The summed E-state index contributed by atoms with van der Waals surface area (Å²) >= 11 is 0. The van der Waals surface area contributed by atoms with E-state index in [2.05, 4.69) is 4.98 Å². The second-order valence-electron chi connectivity index (χ2n) is 6.41. The van der Waals surface area contributed by atoms with Crippen molar-refractivity contribution in [2.75, 3.05) is 13.7 Å². The van der Waals surface area contributed by atoms with Crippen molar-refractivity contribution >= 4 is 6.09 Å². The molecule has 3 rings (SSSR count). The molecule has 1 unspecified atom stereocenters. The lowest BCUT2D eigenvalue weighted by atomic mass is 9.80. The Bertz CT molecular complexity index is 773. The molecule has 0 bridgehead atoms. The first-order chi connectivity index (χ1) is 11.4. The van der Waals surface area contributed by atoms with Gasteiger partial charge in [-0.15, -0.1) is 0 Å². The number of amides is 1. The fourth-order valence-corrected chi connectivity index (χ4v) is 2.82. The maximum Gasteiger partial charge on any atom is 0.405 e. The Labute approximate surface area is 140 Å². The summed E-state index contributed by atoms with van der Waals surface area (Å²) < 4.78 is 16.4. The molecule has 1 atom stereocenters. The number of carbonyl (C=O) groups is 1. The minimum absolute atomic E-state index is 0.363. The fraction of sp³-hybridized carbons (Fsp3) is 0.333. The quantitative estimate of drug-likeness (QED) is 0.934. The van der Waals surface area contributed by atoms with Gasteiger partial charge in [0.15, 0.2) is 0 Å². The van der Waals surface area contributed by atoms with Gasteiger partial charge in [-0.3, -0.25) is 0 Å². The third kappa shape index (κ3) is 2.99. The lowest BCUT2D eigenvalue weighted by Gasteiger charge is -2.38. The smallest absolute Gasteiger partial charge is 0.405 e. The maximum absolute atomic E-state index is 11.3. The number of nitrogens with two attached hydrogens (primary N) is 1. The van der Waals surface area contributed by atoms with E-state index in [-0.39, 0.29) is 5.41 Å². The van der Waals surface area contributed by atoms with Gasteiger partial charge in [0.25, 0.3) is 0 Å². The van der Waals surface area contributed by atoms with Crippen molar-refractivity contribution in [3.8, 4) is 22.9 Å². The number of primary amides is 1. The van der Waals surface area contributed by atoms with E-state index in [0.717, 1.165) is 16.8 Å². The molecule has 2 N–H and O–H groups in total. The summed E-state index contributed by atoms with van der Waals surface area (Å²) in [4.78, 5) is 15.7. The van der Waals surface area contributed by atoms with Crippen molar-refractivity contribution < 1.29 is 19.0 Å². The summed E-state index contributed by atoms with van der Waals surface area (Å²) in [5, 5.41) is 0. The van der Waals surface area contributed by atoms with E-state index in [4.69, 9.17) is 19.9 Å². The van der Waals surface area contributed by atoms with E-state index in [1.807, 2.05) is 44.2 Å². The largest absolute Gasteiger partial charge is 0.492 e. The molecule has 1 aliphatic rings. The monoisotopic (exact) mass is 328 g/mol. The van der Waals surface area contributed by atoms with Crippen molar-refractivity contribution in [3.63, 3.8) is 0 Å². The Morgan fingerprint density at radius 1 is 1.33 bits per heavy atom. The predicted molar refractivity (Wildman–Crippen MR) is 88.9 cm³/mol. The zero-order chi connectivity index (χ0) is 17.3. The van der Waals surface area contributed by atoms with Gasteiger partial charge in [-0.1, -0.05) is 32.0 Å². The lowest BCUT2D eigenvalue weighted by molar-refractivity contribution is -0.0176. The minimum Gasteiger partial charge on any atom is -0.492 e. The molecule has 2 heterocycles. The van der Waals surface area contributed by atoms with Gasteiger partial charge in [-0.2, -0.15) is 0 Å². The van der Waals surface area contributed by atoms with Crippen molar-refractivity contribution in [3.05, 3.63) is 42.0 Å². The number of nitrogens with zero attached hydrogens (tertiary/aromatic N) is 1. The Kier molecular flexibility index (Phi) is 4.05. The fourth-order valence-electron chi connectivity index (χ4n) is 2.82. The van der Waals surface area contributed by atoms with Crippen LogP contribution in [0.3, 0.4) is 0 Å². The van der Waals surface area contributed by atoms with Crippen molar-refractivity contribution in [2.45, 2.75) is 20.0 Å². The average molecular weight is 328 g/mol. The highest BCUT2D eigenvalue weighted by atomic mass is 16.6. The van der Waals surface area contributed by atoms with Gasteiger partial charge in [0.05, 0.1) is 19.4 Å². The van der Waals surface area contributed by atoms with Crippen LogP contribution in [0.5, 0.6) is 11.6 Å². The molecular formula is C18H20N2O4. The Morgan fingerprint density at radius 2 is 2.12 bits per heavy atom. The van der Waals surface area contributed by atoms with E-state index in [1.54, 1.807) is 13.2 Å². The highest BCUT2D eigenvalue weighted by Crippen LogP contribution is 2.46. The van der Waals surface area contributed by atoms with E-state index >= 15 is 0 Å². The number of carbonyl (C=O) groups excluding carboxylic acids is 1. The molecule has 0 saturated heterocycles. The number of methoxy groups -OCH3 is 1. The van der Waals surface area contributed by atoms with Gasteiger partial charge in [0.2, 0.25) is 5.88 Å². The number of pyridine rings is 1. The summed E-state index contributed by atoms with van der Waals surface area (Å²) in [6.07, 6.45) is -1.24. The van der Waals surface area contributed by atoms with Crippen LogP contribution in [0.1, 0.15) is 25.5 Å². The van der Waals surface area contributed by atoms with Crippen LogP contribution in [0.4, 0.5) is 4.79 Å². The molecule has 0 radical (unpaired) electrons. The summed E-state index contributed by atoms with van der Waals surface area (Å²) in [6.45, 7) is 4.37. The SMILES string of the molecule is COc1cccc(-c2ccc3c(c2)OCC(C)(C)C3OC(N)=O)n1. The van der Waals surface area contributed by atoms with Crippen LogP contribution < -0.4 is 15.2 Å². The second kappa shape index (κ2) is 6.03. The van der Waals surface area contributed by atoms with Crippen molar-refractivity contribution in [1.29, 1.82) is 0 Å². The van der Waals surface area contributed by atoms with E-state index < -0.39 is 12.2 Å². The number of ether oxygens (including phenoxy) is 3. The molecule has 1 amide bonds. The van der Waals surface area contributed by atoms with E-state index in [1.165, 1.54) is 0 Å². The second-order valence-corrected chi connectivity index (χ2v) is 6.41. The standard InChI is InChI=1S/C18H20N2O4/c1-18(2)10-23-14-9-11(13-5-4-6-15(20-13)22-3)7-8-12(14)16(18)24-17(19)21/h4-9,16H,10H2,1-3H3,(H2,19,21). The summed E-state index contributed by atoms with van der Waals surface area (Å²) in [5.74, 6) is 1.21. The number of aromatic nitrogens is 1. The van der Waals surface area contributed by atoms with E-state index in [9.17, 15) is 4.79 Å². The summed E-state index contributed by atoms with van der Waals surface area (Å²) in [7, 11) is 1.58. The highest BCUT2D eigenvalue weighted by molar-refractivity contribution is 5.67. The molecule has 24 heavy (non-hydrogen) atoms. The number of fused-ring (bicyclic) bond motifs is 1. The number of rotatable bonds is 3. The third-order valence-corrected chi connectivity index (χ3v) is 4.07. The van der Waals surface area contributed by atoms with E-state index in [0.29, 0.717) is 18.2 Å². The van der Waals surface area contributed by atoms with Crippen LogP contribution in [0, 0.1) is 5.41 Å². The Hall–Kier alpha value is -2.76. The van der Waals surface area contributed by atoms with Crippen LogP contribution in [-0.4, -0.2) is 24.8 Å². The molecular weight excluding hydrogens is 308 g/mol. The first-order valence-corrected chi connectivity index (χ1v) is 7.65. The van der Waals surface area contributed by atoms with Crippen molar-refractivity contribution in [1.82, 2.24) is 4.98 Å². The lowest BCUT2D eigenvalue weighted by Crippen LogP contribution is -2.37. The van der Waals surface area contributed by atoms with Gasteiger partial charge < -0.3 is 19.9 Å². The van der Waals surface area contributed by atoms with Gasteiger partial charge in [0, 0.05) is 22.6 Å². The normalized spacial score (nSPS) is 18.2. The first kappa shape index (κ1) is 16.1. The molecule has 1 aromatic carbocycles. The highest BCUT2D eigenvalue weighted by Gasteiger charge is 2.40. The molecule has 0 fully saturated rings. The van der Waals surface area contributed by atoms with Crippen LogP contribution in [-0.2, 0) is 4.74 Å². The van der Waals surface area contributed by atoms with Gasteiger partial charge in [-0.05, 0) is 12.1 Å². The molecule has 0 spiro atoms. The first-order valence-electron chi connectivity index (χ1n) is 7.65. The van der Waals surface area contributed by atoms with Crippen molar-refractivity contribution in [2.24, 2.45) is 11.1 Å². The van der Waals surface area contributed by atoms with Crippen LogP contribution in [0.25, 0.3) is 11.3 Å². The topological polar surface area (TPSA) is 83.7 Å². The molecule has 0 aliphatic carbocycles. The Balaban J connectivity index is 2.00. The van der Waals surface area contributed by atoms with Crippen LogP contribution in [0.15, 0.2) is 36.4 Å². The van der Waals surface area contributed by atoms with Crippen LogP contribution >= 0.6 is 0 Å². The van der Waals surface area contributed by atoms with Gasteiger partial charge >= 0.3 is 6.09 Å².